The Morgan fingerprint density at radius 1 is 0.429 bits per heavy atom. The van der Waals surface area contributed by atoms with Crippen molar-refractivity contribution >= 4 is 0 Å². The van der Waals surface area contributed by atoms with E-state index in [1.807, 2.05) is 0 Å². The summed E-state index contributed by atoms with van der Waals surface area (Å²) in [6.45, 7) is 0. The molecule has 1 radical (unpaired) electrons. The lowest BCUT2D eigenvalue weighted by Gasteiger charge is -1.99. The van der Waals surface area contributed by atoms with Gasteiger partial charge in [0.05, 0.1) is 0 Å². The van der Waals surface area contributed by atoms with Crippen molar-refractivity contribution in [1.82, 2.24) is 0 Å². The highest BCUT2D eigenvalue weighted by molar-refractivity contribution is 4.88. The highest BCUT2D eigenvalue weighted by Gasteiger charge is 1.90. The fraction of sp³-hybridized carbons (Fsp3) is 0.643. The van der Waals surface area contributed by atoms with Gasteiger partial charge in [0.25, 0.3) is 0 Å². The molecule has 0 aromatic rings. The molecular formula is C14H23. The third-order valence-corrected chi connectivity index (χ3v) is 2.64. The van der Waals surface area contributed by atoms with E-state index < -0.39 is 0 Å². The van der Waals surface area contributed by atoms with Gasteiger partial charge in [-0.05, 0) is 51.4 Å². The summed E-state index contributed by atoms with van der Waals surface area (Å²) in [4.78, 5) is 0. The molecule has 0 fully saturated rings. The van der Waals surface area contributed by atoms with E-state index >= 15 is 0 Å². The van der Waals surface area contributed by atoms with E-state index in [1.165, 1.54) is 57.8 Å². The molecule has 14 heavy (non-hydrogen) atoms. The Bertz CT molecular complexity index is 145. The van der Waals surface area contributed by atoms with Crippen LogP contribution in [0.3, 0.4) is 0 Å². The molecule has 1 aliphatic carbocycles. The average Bonchev–Trinajstić information content (AvgIpc) is 2.22. The van der Waals surface area contributed by atoms with Gasteiger partial charge in [-0.2, -0.15) is 0 Å². The molecule has 1 rings (SSSR count). The first-order valence-electron chi connectivity index (χ1n) is 6.12. The number of rotatable bonds is 0. The average molecular weight is 191 g/mol. The fourth-order valence-electron chi connectivity index (χ4n) is 1.74. The van der Waals surface area contributed by atoms with Crippen LogP contribution in [0.15, 0.2) is 24.3 Å². The quantitative estimate of drug-likeness (QED) is 0.481. The molecule has 1 aliphatic rings. The van der Waals surface area contributed by atoms with Crippen LogP contribution in [-0.2, 0) is 0 Å². The SMILES string of the molecule is [CH]1CCCC=CCCC=CCCCC1. The molecule has 0 saturated carbocycles. The van der Waals surface area contributed by atoms with Gasteiger partial charge in [-0.25, -0.2) is 0 Å². The van der Waals surface area contributed by atoms with Crippen LogP contribution >= 0.6 is 0 Å². The molecule has 0 spiro atoms. The summed E-state index contributed by atoms with van der Waals surface area (Å²) in [6, 6.07) is 0. The van der Waals surface area contributed by atoms with Crippen LogP contribution < -0.4 is 0 Å². The zero-order chi connectivity index (χ0) is 9.90. The van der Waals surface area contributed by atoms with Gasteiger partial charge in [0.15, 0.2) is 0 Å². The molecule has 0 N–H and O–H groups in total. The minimum Gasteiger partial charge on any atom is -0.0885 e. The van der Waals surface area contributed by atoms with Gasteiger partial charge in [0, 0.05) is 0 Å². The van der Waals surface area contributed by atoms with Crippen molar-refractivity contribution in [2.24, 2.45) is 0 Å². The van der Waals surface area contributed by atoms with E-state index in [4.69, 9.17) is 0 Å². The largest absolute Gasteiger partial charge is 0.0885 e. The zero-order valence-electron chi connectivity index (χ0n) is 9.25. The fourth-order valence-corrected chi connectivity index (χ4v) is 1.74. The van der Waals surface area contributed by atoms with Crippen molar-refractivity contribution < 1.29 is 0 Å². The molecule has 0 saturated heterocycles. The summed E-state index contributed by atoms with van der Waals surface area (Å²) in [5.41, 5.74) is 0. The van der Waals surface area contributed by atoms with Crippen molar-refractivity contribution in [3.63, 3.8) is 0 Å². The van der Waals surface area contributed by atoms with Crippen molar-refractivity contribution in [1.29, 1.82) is 0 Å². The van der Waals surface area contributed by atoms with Gasteiger partial charge in [0.2, 0.25) is 0 Å². The highest BCUT2D eigenvalue weighted by Crippen LogP contribution is 2.09. The van der Waals surface area contributed by atoms with Crippen LogP contribution in [0.1, 0.15) is 57.8 Å². The van der Waals surface area contributed by atoms with Crippen molar-refractivity contribution in [3.8, 4) is 0 Å². The molecule has 0 nitrogen and oxygen atoms in total. The summed E-state index contributed by atoms with van der Waals surface area (Å²) in [5, 5.41) is 0. The Hall–Kier alpha value is -0.520. The summed E-state index contributed by atoms with van der Waals surface area (Å²) in [7, 11) is 0. The highest BCUT2D eigenvalue weighted by atomic mass is 14.0. The molecular weight excluding hydrogens is 168 g/mol. The Morgan fingerprint density at radius 3 is 1.71 bits per heavy atom. The maximum atomic E-state index is 2.46. The van der Waals surface area contributed by atoms with Crippen LogP contribution in [0.25, 0.3) is 0 Å². The second-order valence-corrected chi connectivity index (χ2v) is 4.02. The molecule has 0 aromatic heterocycles. The Labute approximate surface area is 89.1 Å². The first kappa shape index (κ1) is 11.6. The predicted molar refractivity (Wildman–Crippen MR) is 64.1 cm³/mol. The predicted octanol–water partition coefficient (Wildman–Crippen LogP) is 4.83. The lowest BCUT2D eigenvalue weighted by atomic mass is 10.1. The Morgan fingerprint density at radius 2 is 0.929 bits per heavy atom. The van der Waals surface area contributed by atoms with E-state index in [9.17, 15) is 0 Å². The summed E-state index contributed by atoms with van der Waals surface area (Å²) >= 11 is 0. The van der Waals surface area contributed by atoms with Crippen LogP contribution in [0.5, 0.6) is 0 Å². The minimum atomic E-state index is 1.22. The first-order valence-corrected chi connectivity index (χ1v) is 6.12. The minimum absolute atomic E-state index is 1.22. The van der Waals surface area contributed by atoms with E-state index in [0.29, 0.717) is 0 Å². The van der Waals surface area contributed by atoms with Crippen LogP contribution in [-0.4, -0.2) is 0 Å². The monoisotopic (exact) mass is 191 g/mol. The van der Waals surface area contributed by atoms with Crippen LogP contribution in [0, 0.1) is 6.42 Å². The second-order valence-electron chi connectivity index (χ2n) is 4.02. The van der Waals surface area contributed by atoms with Crippen molar-refractivity contribution in [2.45, 2.75) is 57.8 Å². The lowest BCUT2D eigenvalue weighted by molar-refractivity contribution is 0.695. The van der Waals surface area contributed by atoms with Gasteiger partial charge in [0.1, 0.15) is 0 Å². The van der Waals surface area contributed by atoms with E-state index in [2.05, 4.69) is 30.7 Å². The normalized spacial score (nSPS) is 21.7. The van der Waals surface area contributed by atoms with E-state index in [1.54, 1.807) is 0 Å². The standard InChI is InChI=1S/C14H23/c1-2-4-6-8-10-12-14-13-11-9-7-5-3-1/h1-2,7,9-10H,3-6,8,11-14H2. The smallest absolute Gasteiger partial charge is 0.0316 e. The molecule has 0 atom stereocenters. The third kappa shape index (κ3) is 6.94. The summed E-state index contributed by atoms with van der Waals surface area (Å²) in [5.74, 6) is 0. The Balaban J connectivity index is 2.17. The van der Waals surface area contributed by atoms with Crippen molar-refractivity contribution in [2.75, 3.05) is 0 Å². The maximum Gasteiger partial charge on any atom is -0.0316 e. The molecule has 0 heterocycles. The topological polar surface area (TPSA) is 0 Å². The van der Waals surface area contributed by atoms with Crippen molar-refractivity contribution in [3.05, 3.63) is 30.7 Å². The van der Waals surface area contributed by atoms with Crippen LogP contribution in [0.2, 0.25) is 0 Å². The van der Waals surface area contributed by atoms with Crippen LogP contribution in [0.4, 0.5) is 0 Å². The lowest BCUT2D eigenvalue weighted by Crippen LogP contribution is -1.81. The summed E-state index contributed by atoms with van der Waals surface area (Å²) in [6.07, 6.45) is 23.5. The second kappa shape index (κ2) is 9.05. The number of allylic oxidation sites excluding steroid dienone is 4. The third-order valence-electron chi connectivity index (χ3n) is 2.64. The zero-order valence-corrected chi connectivity index (χ0v) is 9.25. The van der Waals surface area contributed by atoms with Gasteiger partial charge < -0.3 is 0 Å². The molecule has 0 aromatic carbocycles. The van der Waals surface area contributed by atoms with Gasteiger partial charge in [-0.1, -0.05) is 37.1 Å². The molecule has 0 amide bonds. The van der Waals surface area contributed by atoms with E-state index in [0.717, 1.165) is 0 Å². The summed E-state index contributed by atoms with van der Waals surface area (Å²) < 4.78 is 0. The van der Waals surface area contributed by atoms with Gasteiger partial charge in [-0.15, -0.1) is 0 Å². The molecule has 79 valence electrons. The van der Waals surface area contributed by atoms with Gasteiger partial charge >= 0.3 is 0 Å². The number of hydrogen-bond donors (Lipinski definition) is 0. The maximum absolute atomic E-state index is 2.46. The number of hydrogen-bond acceptors (Lipinski definition) is 0. The Kier molecular flexibility index (Phi) is 7.47. The van der Waals surface area contributed by atoms with Gasteiger partial charge in [-0.3, -0.25) is 0 Å². The molecule has 0 bridgehead atoms. The molecule has 0 aliphatic heterocycles. The molecule has 0 heteroatoms. The molecule has 0 unspecified atom stereocenters. The van der Waals surface area contributed by atoms with E-state index in [-0.39, 0.29) is 0 Å². The first-order chi connectivity index (χ1) is 7.00.